The quantitative estimate of drug-likeness (QED) is 0.667. The van der Waals surface area contributed by atoms with E-state index in [2.05, 4.69) is 6.07 Å². The molecule has 1 unspecified atom stereocenters. The van der Waals surface area contributed by atoms with Crippen molar-refractivity contribution >= 4 is 11.6 Å². The van der Waals surface area contributed by atoms with Crippen LogP contribution in [-0.4, -0.2) is 26.4 Å². The highest BCUT2D eigenvalue weighted by molar-refractivity contribution is 6.21. The summed E-state index contributed by atoms with van der Waals surface area (Å²) in [4.78, 5) is 0. The average molecular weight is 255 g/mol. The summed E-state index contributed by atoms with van der Waals surface area (Å²) < 4.78 is 16.8. The molecule has 4 heteroatoms. The first kappa shape index (κ1) is 11.2. The molecule has 1 aromatic rings. The van der Waals surface area contributed by atoms with Crippen LogP contribution in [0.2, 0.25) is 0 Å². The van der Waals surface area contributed by atoms with Crippen molar-refractivity contribution in [2.75, 3.05) is 26.4 Å². The maximum atomic E-state index is 6.31. The van der Waals surface area contributed by atoms with E-state index >= 15 is 0 Å². The topological polar surface area (TPSA) is 27.7 Å². The van der Waals surface area contributed by atoms with Gasteiger partial charge in [0.1, 0.15) is 0 Å². The molecule has 2 aliphatic rings. The highest BCUT2D eigenvalue weighted by Gasteiger charge is 2.21. The van der Waals surface area contributed by atoms with Gasteiger partial charge in [-0.2, -0.15) is 0 Å². The van der Waals surface area contributed by atoms with Gasteiger partial charge < -0.3 is 14.2 Å². The Labute approximate surface area is 106 Å². The summed E-state index contributed by atoms with van der Waals surface area (Å²) in [6.45, 7) is 2.70. The molecule has 0 radical (unpaired) electrons. The van der Waals surface area contributed by atoms with Crippen LogP contribution in [0.5, 0.6) is 11.5 Å². The molecule has 2 aliphatic heterocycles. The Balaban J connectivity index is 2.03. The number of ether oxygens (including phenoxy) is 3. The summed E-state index contributed by atoms with van der Waals surface area (Å²) in [6.07, 6.45) is 1.81. The summed E-state index contributed by atoms with van der Waals surface area (Å²) in [6, 6.07) is 4.07. The molecule has 0 saturated carbocycles. The van der Waals surface area contributed by atoms with E-state index in [1.165, 1.54) is 5.56 Å². The standard InChI is InChI=1S/C13H15ClO3/c14-11-8-15-5-2-9-6-12-13(7-10(9)11)17-4-1-3-16-12/h6-7,11H,1-5,8H2. The molecular weight excluding hydrogens is 240 g/mol. The minimum absolute atomic E-state index is 0.0929. The molecular formula is C13H15ClO3. The van der Waals surface area contributed by atoms with Crippen LogP contribution in [0.25, 0.3) is 0 Å². The molecule has 0 fully saturated rings. The first-order chi connectivity index (χ1) is 8.34. The molecule has 0 spiro atoms. The van der Waals surface area contributed by atoms with E-state index < -0.39 is 0 Å². The van der Waals surface area contributed by atoms with Gasteiger partial charge in [-0.3, -0.25) is 0 Å². The summed E-state index contributed by atoms with van der Waals surface area (Å²) in [5, 5.41) is -0.0929. The second-order valence-electron chi connectivity index (χ2n) is 4.34. The van der Waals surface area contributed by atoms with E-state index in [-0.39, 0.29) is 5.38 Å². The molecule has 0 aliphatic carbocycles. The van der Waals surface area contributed by atoms with E-state index in [1.54, 1.807) is 0 Å². The van der Waals surface area contributed by atoms with Crippen molar-refractivity contribution in [3.63, 3.8) is 0 Å². The molecule has 3 nitrogen and oxygen atoms in total. The molecule has 2 heterocycles. The largest absolute Gasteiger partial charge is 0.490 e. The number of benzene rings is 1. The van der Waals surface area contributed by atoms with Gasteiger partial charge in [-0.15, -0.1) is 11.6 Å². The van der Waals surface area contributed by atoms with Crippen LogP contribution >= 0.6 is 11.6 Å². The van der Waals surface area contributed by atoms with Crippen molar-refractivity contribution in [1.29, 1.82) is 0 Å². The fraction of sp³-hybridized carbons (Fsp3) is 0.538. The van der Waals surface area contributed by atoms with E-state index in [0.29, 0.717) is 19.8 Å². The zero-order chi connectivity index (χ0) is 11.7. The van der Waals surface area contributed by atoms with Crippen molar-refractivity contribution in [3.05, 3.63) is 23.3 Å². The van der Waals surface area contributed by atoms with Gasteiger partial charge in [0, 0.05) is 6.42 Å². The monoisotopic (exact) mass is 254 g/mol. The fourth-order valence-corrected chi connectivity index (χ4v) is 2.53. The smallest absolute Gasteiger partial charge is 0.161 e. The Morgan fingerprint density at radius 1 is 1.06 bits per heavy atom. The molecule has 0 saturated heterocycles. The summed E-state index contributed by atoms with van der Waals surface area (Å²) in [7, 11) is 0. The number of hydrogen-bond donors (Lipinski definition) is 0. The van der Waals surface area contributed by atoms with Gasteiger partial charge in [0.05, 0.1) is 31.8 Å². The Kier molecular flexibility index (Phi) is 3.12. The SMILES string of the molecule is ClC1COCCc2cc3c(cc21)OCCCO3. The molecule has 17 heavy (non-hydrogen) atoms. The fourth-order valence-electron chi connectivity index (χ4n) is 2.23. The Morgan fingerprint density at radius 2 is 1.82 bits per heavy atom. The van der Waals surface area contributed by atoms with Gasteiger partial charge in [-0.25, -0.2) is 0 Å². The molecule has 1 atom stereocenters. The molecule has 0 N–H and O–H groups in total. The minimum atomic E-state index is -0.0929. The lowest BCUT2D eigenvalue weighted by molar-refractivity contribution is 0.143. The third-order valence-corrected chi connectivity index (χ3v) is 3.49. The van der Waals surface area contributed by atoms with Crippen LogP contribution in [0.1, 0.15) is 22.9 Å². The van der Waals surface area contributed by atoms with Gasteiger partial charge in [0.2, 0.25) is 0 Å². The summed E-state index contributed by atoms with van der Waals surface area (Å²) in [5.74, 6) is 1.65. The predicted octanol–water partition coefficient (Wildman–Crippen LogP) is 2.70. The van der Waals surface area contributed by atoms with Crippen molar-refractivity contribution in [1.82, 2.24) is 0 Å². The normalized spacial score (nSPS) is 23.5. The first-order valence-electron chi connectivity index (χ1n) is 5.99. The van der Waals surface area contributed by atoms with Crippen molar-refractivity contribution in [2.24, 2.45) is 0 Å². The van der Waals surface area contributed by atoms with Crippen molar-refractivity contribution in [2.45, 2.75) is 18.2 Å². The molecule has 3 rings (SSSR count). The Morgan fingerprint density at radius 3 is 2.65 bits per heavy atom. The van der Waals surface area contributed by atoms with Gasteiger partial charge in [-0.1, -0.05) is 0 Å². The first-order valence-corrected chi connectivity index (χ1v) is 6.42. The lowest BCUT2D eigenvalue weighted by atomic mass is 10.0. The lowest BCUT2D eigenvalue weighted by Crippen LogP contribution is -2.00. The minimum Gasteiger partial charge on any atom is -0.490 e. The zero-order valence-electron chi connectivity index (χ0n) is 9.58. The third-order valence-electron chi connectivity index (χ3n) is 3.13. The zero-order valence-corrected chi connectivity index (χ0v) is 10.3. The number of hydrogen-bond acceptors (Lipinski definition) is 3. The average Bonchev–Trinajstić information content (AvgIpc) is 2.66. The highest BCUT2D eigenvalue weighted by Crippen LogP contribution is 2.38. The maximum Gasteiger partial charge on any atom is 0.161 e. The molecule has 0 bridgehead atoms. The van der Waals surface area contributed by atoms with Crippen LogP contribution in [0.3, 0.4) is 0 Å². The highest BCUT2D eigenvalue weighted by atomic mass is 35.5. The molecule has 1 aromatic carbocycles. The number of halogens is 1. The van der Waals surface area contributed by atoms with Crippen LogP contribution in [0, 0.1) is 0 Å². The van der Waals surface area contributed by atoms with E-state index in [9.17, 15) is 0 Å². The molecule has 92 valence electrons. The van der Waals surface area contributed by atoms with Crippen molar-refractivity contribution < 1.29 is 14.2 Å². The van der Waals surface area contributed by atoms with Gasteiger partial charge in [0.15, 0.2) is 11.5 Å². The number of alkyl halides is 1. The molecule has 0 aromatic heterocycles. The van der Waals surface area contributed by atoms with Crippen molar-refractivity contribution in [3.8, 4) is 11.5 Å². The van der Waals surface area contributed by atoms with E-state index in [4.69, 9.17) is 25.8 Å². The van der Waals surface area contributed by atoms with Crippen LogP contribution < -0.4 is 9.47 Å². The van der Waals surface area contributed by atoms with Gasteiger partial charge in [-0.05, 0) is 29.7 Å². The van der Waals surface area contributed by atoms with Crippen LogP contribution in [-0.2, 0) is 11.2 Å². The van der Waals surface area contributed by atoms with E-state index in [0.717, 1.165) is 36.5 Å². The maximum absolute atomic E-state index is 6.31. The Hall–Kier alpha value is -0.930. The van der Waals surface area contributed by atoms with E-state index in [1.807, 2.05) is 6.07 Å². The van der Waals surface area contributed by atoms with Crippen LogP contribution in [0.4, 0.5) is 0 Å². The molecule has 0 amide bonds. The number of fused-ring (bicyclic) bond motifs is 2. The lowest BCUT2D eigenvalue weighted by Gasteiger charge is -2.14. The third kappa shape index (κ3) is 2.22. The summed E-state index contributed by atoms with van der Waals surface area (Å²) >= 11 is 6.31. The predicted molar refractivity (Wildman–Crippen MR) is 65.2 cm³/mol. The number of rotatable bonds is 0. The summed E-state index contributed by atoms with van der Waals surface area (Å²) in [5.41, 5.74) is 2.33. The Bertz CT molecular complexity index is 419. The van der Waals surface area contributed by atoms with Crippen LogP contribution in [0.15, 0.2) is 12.1 Å². The second-order valence-corrected chi connectivity index (χ2v) is 4.87. The van der Waals surface area contributed by atoms with Gasteiger partial charge >= 0.3 is 0 Å². The van der Waals surface area contributed by atoms with Gasteiger partial charge in [0.25, 0.3) is 0 Å². The second kappa shape index (κ2) is 4.75.